The van der Waals surface area contributed by atoms with Gasteiger partial charge in [-0.05, 0) is 30.5 Å². The fourth-order valence-electron chi connectivity index (χ4n) is 2.22. The van der Waals surface area contributed by atoms with Crippen molar-refractivity contribution in [2.24, 2.45) is 0 Å². The molecule has 20 heavy (non-hydrogen) atoms. The van der Waals surface area contributed by atoms with E-state index in [0.29, 0.717) is 0 Å². The number of nitrogens with zero attached hydrogens (tertiary/aromatic N) is 1. The first-order valence-corrected chi connectivity index (χ1v) is 6.68. The Bertz CT molecular complexity index is 597. The molecule has 0 heterocycles. The summed E-state index contributed by atoms with van der Waals surface area (Å²) >= 11 is 0. The van der Waals surface area contributed by atoms with E-state index in [9.17, 15) is 10.1 Å². The van der Waals surface area contributed by atoms with E-state index in [1.807, 2.05) is 25.1 Å². The van der Waals surface area contributed by atoms with Crippen molar-refractivity contribution in [3.8, 4) is 0 Å². The summed E-state index contributed by atoms with van der Waals surface area (Å²) in [6.45, 7) is 4.00. The molecular formula is C16H18N2O2. The average molecular weight is 270 g/mol. The van der Waals surface area contributed by atoms with Crippen LogP contribution in [0.15, 0.2) is 48.5 Å². The van der Waals surface area contributed by atoms with E-state index in [2.05, 4.69) is 24.4 Å². The van der Waals surface area contributed by atoms with Gasteiger partial charge < -0.3 is 5.32 Å². The summed E-state index contributed by atoms with van der Waals surface area (Å²) in [5, 5.41) is 14.2. The van der Waals surface area contributed by atoms with Crippen molar-refractivity contribution in [3.05, 3.63) is 69.8 Å². The highest BCUT2D eigenvalue weighted by Crippen LogP contribution is 2.27. The SMILES string of the molecule is CCC(Nc1ccc([N+](=O)[O-])cc1C)c1ccccc1. The molecule has 1 unspecified atom stereocenters. The molecule has 104 valence electrons. The molecule has 0 aliphatic heterocycles. The van der Waals surface area contributed by atoms with Crippen LogP contribution in [0.1, 0.15) is 30.5 Å². The van der Waals surface area contributed by atoms with Crippen LogP contribution in [0, 0.1) is 17.0 Å². The Morgan fingerprint density at radius 2 is 1.90 bits per heavy atom. The highest BCUT2D eigenvalue weighted by Gasteiger charge is 2.12. The van der Waals surface area contributed by atoms with Crippen LogP contribution < -0.4 is 5.32 Å². The van der Waals surface area contributed by atoms with Crippen LogP contribution in [0.3, 0.4) is 0 Å². The second kappa shape index (κ2) is 6.19. The number of nitro groups is 1. The fraction of sp³-hybridized carbons (Fsp3) is 0.250. The molecule has 4 heteroatoms. The van der Waals surface area contributed by atoms with Gasteiger partial charge in [-0.25, -0.2) is 0 Å². The van der Waals surface area contributed by atoms with Gasteiger partial charge in [-0.3, -0.25) is 10.1 Å². The zero-order valence-electron chi connectivity index (χ0n) is 11.7. The number of aryl methyl sites for hydroxylation is 1. The Balaban J connectivity index is 2.22. The summed E-state index contributed by atoms with van der Waals surface area (Å²) in [6.07, 6.45) is 0.945. The van der Waals surface area contributed by atoms with Gasteiger partial charge in [-0.1, -0.05) is 37.3 Å². The summed E-state index contributed by atoms with van der Waals surface area (Å²) in [4.78, 5) is 10.4. The van der Waals surface area contributed by atoms with Gasteiger partial charge >= 0.3 is 0 Å². The summed E-state index contributed by atoms with van der Waals surface area (Å²) < 4.78 is 0. The van der Waals surface area contributed by atoms with Gasteiger partial charge in [0.1, 0.15) is 0 Å². The molecule has 1 atom stereocenters. The van der Waals surface area contributed by atoms with E-state index in [1.54, 1.807) is 12.1 Å². The highest BCUT2D eigenvalue weighted by molar-refractivity contribution is 5.56. The number of hydrogen-bond donors (Lipinski definition) is 1. The van der Waals surface area contributed by atoms with Crippen LogP contribution >= 0.6 is 0 Å². The van der Waals surface area contributed by atoms with Gasteiger partial charge in [0, 0.05) is 17.8 Å². The van der Waals surface area contributed by atoms with Crippen molar-refractivity contribution in [2.75, 3.05) is 5.32 Å². The maximum absolute atomic E-state index is 10.7. The van der Waals surface area contributed by atoms with Gasteiger partial charge in [0.25, 0.3) is 5.69 Å². The Labute approximate surface area is 118 Å². The zero-order valence-corrected chi connectivity index (χ0v) is 11.7. The molecule has 2 aromatic carbocycles. The molecule has 0 saturated carbocycles. The first kappa shape index (κ1) is 14.1. The predicted molar refractivity (Wildman–Crippen MR) is 80.9 cm³/mol. The Morgan fingerprint density at radius 1 is 1.20 bits per heavy atom. The molecule has 0 radical (unpaired) electrons. The Kier molecular flexibility index (Phi) is 4.35. The molecule has 2 aromatic rings. The molecule has 0 fully saturated rings. The summed E-state index contributed by atoms with van der Waals surface area (Å²) in [7, 11) is 0. The normalized spacial score (nSPS) is 11.9. The van der Waals surface area contributed by atoms with Crippen molar-refractivity contribution in [3.63, 3.8) is 0 Å². The van der Waals surface area contributed by atoms with Crippen LogP contribution in [0.25, 0.3) is 0 Å². The molecule has 0 bridgehead atoms. The standard InChI is InChI=1S/C16H18N2O2/c1-3-15(13-7-5-4-6-8-13)17-16-10-9-14(18(19)20)11-12(16)2/h4-11,15,17H,3H2,1-2H3. The molecule has 0 aliphatic rings. The van der Waals surface area contributed by atoms with Crippen molar-refractivity contribution in [1.82, 2.24) is 0 Å². The van der Waals surface area contributed by atoms with E-state index in [0.717, 1.165) is 17.7 Å². The van der Waals surface area contributed by atoms with Crippen molar-refractivity contribution >= 4 is 11.4 Å². The number of non-ortho nitro benzene ring substituents is 1. The maximum atomic E-state index is 10.7. The molecule has 0 spiro atoms. The quantitative estimate of drug-likeness (QED) is 0.644. The third-order valence-electron chi connectivity index (χ3n) is 3.36. The number of rotatable bonds is 5. The van der Waals surface area contributed by atoms with E-state index in [1.165, 1.54) is 11.6 Å². The lowest BCUT2D eigenvalue weighted by molar-refractivity contribution is -0.384. The molecular weight excluding hydrogens is 252 g/mol. The van der Waals surface area contributed by atoms with Gasteiger partial charge in [-0.2, -0.15) is 0 Å². The van der Waals surface area contributed by atoms with Crippen molar-refractivity contribution in [2.45, 2.75) is 26.3 Å². The molecule has 0 aliphatic carbocycles. The fourth-order valence-corrected chi connectivity index (χ4v) is 2.22. The Morgan fingerprint density at radius 3 is 2.45 bits per heavy atom. The van der Waals surface area contributed by atoms with Crippen LogP contribution in [0.5, 0.6) is 0 Å². The van der Waals surface area contributed by atoms with Crippen LogP contribution in [0.4, 0.5) is 11.4 Å². The lowest BCUT2D eigenvalue weighted by Crippen LogP contribution is -2.10. The maximum Gasteiger partial charge on any atom is 0.269 e. The van der Waals surface area contributed by atoms with Gasteiger partial charge in [0.15, 0.2) is 0 Å². The number of nitrogens with one attached hydrogen (secondary N) is 1. The van der Waals surface area contributed by atoms with Crippen LogP contribution in [-0.4, -0.2) is 4.92 Å². The number of benzene rings is 2. The smallest absolute Gasteiger partial charge is 0.269 e. The summed E-state index contributed by atoms with van der Waals surface area (Å²) in [5.41, 5.74) is 3.16. The van der Waals surface area contributed by atoms with Gasteiger partial charge in [0.05, 0.1) is 11.0 Å². The average Bonchev–Trinajstić information content (AvgIpc) is 2.46. The Hall–Kier alpha value is -2.36. The van der Waals surface area contributed by atoms with E-state index < -0.39 is 0 Å². The molecule has 2 rings (SSSR count). The first-order valence-electron chi connectivity index (χ1n) is 6.68. The number of hydrogen-bond acceptors (Lipinski definition) is 3. The largest absolute Gasteiger partial charge is 0.378 e. The van der Waals surface area contributed by atoms with Crippen LogP contribution in [0.2, 0.25) is 0 Å². The van der Waals surface area contributed by atoms with E-state index >= 15 is 0 Å². The zero-order chi connectivity index (χ0) is 14.5. The van der Waals surface area contributed by atoms with Crippen LogP contribution in [-0.2, 0) is 0 Å². The monoisotopic (exact) mass is 270 g/mol. The minimum Gasteiger partial charge on any atom is -0.378 e. The number of nitro benzene ring substituents is 1. The molecule has 0 amide bonds. The molecule has 4 nitrogen and oxygen atoms in total. The minimum atomic E-state index is -0.370. The molecule has 0 aromatic heterocycles. The van der Waals surface area contributed by atoms with Crippen molar-refractivity contribution < 1.29 is 4.92 Å². The number of anilines is 1. The summed E-state index contributed by atoms with van der Waals surface area (Å²) in [5.74, 6) is 0. The summed E-state index contributed by atoms with van der Waals surface area (Å²) in [6, 6.07) is 15.3. The van der Waals surface area contributed by atoms with E-state index in [4.69, 9.17) is 0 Å². The van der Waals surface area contributed by atoms with E-state index in [-0.39, 0.29) is 16.7 Å². The second-order valence-electron chi connectivity index (χ2n) is 4.77. The first-order chi connectivity index (χ1) is 9.61. The highest BCUT2D eigenvalue weighted by atomic mass is 16.6. The third kappa shape index (κ3) is 3.15. The lowest BCUT2D eigenvalue weighted by atomic mass is 10.0. The van der Waals surface area contributed by atoms with Gasteiger partial charge in [-0.15, -0.1) is 0 Å². The van der Waals surface area contributed by atoms with Crippen molar-refractivity contribution in [1.29, 1.82) is 0 Å². The van der Waals surface area contributed by atoms with Gasteiger partial charge in [0.2, 0.25) is 0 Å². The molecule has 0 saturated heterocycles. The lowest BCUT2D eigenvalue weighted by Gasteiger charge is -2.20. The topological polar surface area (TPSA) is 55.2 Å². The second-order valence-corrected chi connectivity index (χ2v) is 4.77. The predicted octanol–water partition coefficient (Wildman–Crippen LogP) is 4.47. The third-order valence-corrected chi connectivity index (χ3v) is 3.36. The minimum absolute atomic E-state index is 0.126. The molecule has 1 N–H and O–H groups in total.